The third-order valence-electron chi connectivity index (χ3n) is 0.886. The first kappa shape index (κ1) is 11.0. The molecule has 0 atom stereocenters. The third-order valence-corrected chi connectivity index (χ3v) is 2.18. The average molecular weight is 216 g/mol. The molecule has 0 radical (unpaired) electrons. The zero-order valence-electron chi connectivity index (χ0n) is 5.08. The van der Waals surface area contributed by atoms with Crippen molar-refractivity contribution in [3.05, 3.63) is 0 Å². The second-order valence-electron chi connectivity index (χ2n) is 1.41. The van der Waals surface area contributed by atoms with E-state index in [2.05, 4.69) is 29.8 Å². The Morgan fingerprint density at radius 2 is 1.57 bits per heavy atom. The van der Waals surface area contributed by atoms with Gasteiger partial charge in [-0.15, -0.1) is 0 Å². The van der Waals surface area contributed by atoms with E-state index in [9.17, 15) is 0 Å². The van der Waals surface area contributed by atoms with E-state index in [1.807, 2.05) is 0 Å². The van der Waals surface area contributed by atoms with Gasteiger partial charge in [0.05, 0.1) is 0 Å². The molecule has 0 saturated heterocycles. The molecule has 0 aliphatic rings. The number of hydrogen-bond acceptors (Lipinski definition) is 0. The SMILES string of the molecule is CCC(Br)CC.[Zn]. The molecule has 0 rings (SSSR count). The first-order valence-corrected chi connectivity index (χ1v) is 3.36. The fourth-order valence-electron chi connectivity index (χ4n) is 0.289. The minimum absolute atomic E-state index is 0. The largest absolute Gasteiger partial charge is 0.0891 e. The molecular formula is C5H11BrZn. The second kappa shape index (κ2) is 7.10. The number of hydrogen-bond donors (Lipinski definition) is 0. The van der Waals surface area contributed by atoms with E-state index in [1.54, 1.807) is 0 Å². The molecule has 7 heavy (non-hydrogen) atoms. The molecule has 0 spiro atoms. The van der Waals surface area contributed by atoms with Crippen LogP contribution in [0.5, 0.6) is 0 Å². The van der Waals surface area contributed by atoms with Crippen molar-refractivity contribution in [1.82, 2.24) is 0 Å². The molecule has 0 aliphatic heterocycles. The van der Waals surface area contributed by atoms with E-state index >= 15 is 0 Å². The first-order valence-electron chi connectivity index (χ1n) is 2.45. The van der Waals surface area contributed by atoms with Crippen LogP contribution in [0.3, 0.4) is 0 Å². The molecule has 0 aromatic heterocycles. The molecule has 0 fully saturated rings. The van der Waals surface area contributed by atoms with E-state index in [1.165, 1.54) is 12.8 Å². The molecule has 2 heteroatoms. The van der Waals surface area contributed by atoms with E-state index in [-0.39, 0.29) is 19.5 Å². The van der Waals surface area contributed by atoms with Crippen molar-refractivity contribution >= 4 is 15.9 Å². The topological polar surface area (TPSA) is 0 Å². The molecule has 0 N–H and O–H groups in total. The first-order chi connectivity index (χ1) is 2.81. The van der Waals surface area contributed by atoms with Crippen LogP contribution < -0.4 is 0 Å². The zero-order valence-corrected chi connectivity index (χ0v) is 9.63. The molecule has 0 heterocycles. The summed E-state index contributed by atoms with van der Waals surface area (Å²) in [7, 11) is 0. The van der Waals surface area contributed by atoms with Crippen molar-refractivity contribution in [3.8, 4) is 0 Å². The number of alkyl halides is 1. The van der Waals surface area contributed by atoms with Gasteiger partial charge in [0, 0.05) is 24.3 Å². The van der Waals surface area contributed by atoms with Gasteiger partial charge < -0.3 is 0 Å². The molecule has 0 bridgehead atoms. The Labute approximate surface area is 66.9 Å². The Balaban J connectivity index is 0. The van der Waals surface area contributed by atoms with Crippen LogP contribution in [-0.4, -0.2) is 4.83 Å². The van der Waals surface area contributed by atoms with Gasteiger partial charge in [0.1, 0.15) is 0 Å². The van der Waals surface area contributed by atoms with Gasteiger partial charge >= 0.3 is 0 Å². The van der Waals surface area contributed by atoms with Crippen LogP contribution in [0.1, 0.15) is 26.7 Å². The zero-order chi connectivity index (χ0) is 4.99. The van der Waals surface area contributed by atoms with Gasteiger partial charge in [-0.1, -0.05) is 29.8 Å². The minimum atomic E-state index is 0. The summed E-state index contributed by atoms with van der Waals surface area (Å²) < 4.78 is 0. The van der Waals surface area contributed by atoms with Crippen molar-refractivity contribution in [2.24, 2.45) is 0 Å². The predicted molar refractivity (Wildman–Crippen MR) is 33.3 cm³/mol. The summed E-state index contributed by atoms with van der Waals surface area (Å²) in [6.07, 6.45) is 2.49. The van der Waals surface area contributed by atoms with Crippen LogP contribution in [0.4, 0.5) is 0 Å². The van der Waals surface area contributed by atoms with Crippen LogP contribution in [0.2, 0.25) is 0 Å². The summed E-state index contributed by atoms with van der Waals surface area (Å²) in [4.78, 5) is 0.748. The predicted octanol–water partition coefficient (Wildman–Crippen LogP) is 2.57. The fourth-order valence-corrected chi connectivity index (χ4v) is 0.289. The monoisotopic (exact) mass is 214 g/mol. The third kappa shape index (κ3) is 7.10. The molecule has 40 valence electrons. The van der Waals surface area contributed by atoms with Crippen molar-refractivity contribution < 1.29 is 19.5 Å². The smallest absolute Gasteiger partial charge is 0.0140 e. The second-order valence-corrected chi connectivity index (χ2v) is 2.71. The quantitative estimate of drug-likeness (QED) is 0.492. The minimum Gasteiger partial charge on any atom is -0.0891 e. The van der Waals surface area contributed by atoms with Crippen LogP contribution >= 0.6 is 15.9 Å². The van der Waals surface area contributed by atoms with Crippen molar-refractivity contribution in [2.75, 3.05) is 0 Å². The van der Waals surface area contributed by atoms with Crippen LogP contribution in [0.25, 0.3) is 0 Å². The Hall–Kier alpha value is 1.10. The summed E-state index contributed by atoms with van der Waals surface area (Å²) in [5.41, 5.74) is 0. The van der Waals surface area contributed by atoms with Gasteiger partial charge in [0.25, 0.3) is 0 Å². The van der Waals surface area contributed by atoms with Crippen molar-refractivity contribution in [1.29, 1.82) is 0 Å². The summed E-state index contributed by atoms with van der Waals surface area (Å²) >= 11 is 3.48. The summed E-state index contributed by atoms with van der Waals surface area (Å²) in [6.45, 7) is 4.37. The Kier molecular flexibility index (Phi) is 11.1. The molecule has 0 nitrogen and oxygen atoms in total. The maximum absolute atomic E-state index is 3.48. The normalized spacial score (nSPS) is 8.57. The standard InChI is InChI=1S/C5H11Br.Zn/c1-3-5(6)4-2;/h5H,3-4H2,1-2H3;. The Bertz CT molecular complexity index is 27.3. The van der Waals surface area contributed by atoms with E-state index in [0.717, 1.165) is 4.83 Å². The van der Waals surface area contributed by atoms with E-state index in [0.29, 0.717) is 0 Å². The average Bonchev–Trinajstić information content (AvgIpc) is 1.65. The molecule has 0 amide bonds. The van der Waals surface area contributed by atoms with Crippen LogP contribution in [0, 0.1) is 0 Å². The van der Waals surface area contributed by atoms with Gasteiger partial charge in [-0.3, -0.25) is 0 Å². The Morgan fingerprint density at radius 3 is 1.57 bits per heavy atom. The van der Waals surface area contributed by atoms with Crippen LogP contribution in [0.15, 0.2) is 0 Å². The molecule has 0 saturated carbocycles. The summed E-state index contributed by atoms with van der Waals surface area (Å²) in [6, 6.07) is 0. The summed E-state index contributed by atoms with van der Waals surface area (Å²) in [5, 5.41) is 0. The number of rotatable bonds is 2. The van der Waals surface area contributed by atoms with E-state index < -0.39 is 0 Å². The Morgan fingerprint density at radius 1 is 1.29 bits per heavy atom. The fraction of sp³-hybridized carbons (Fsp3) is 1.00. The molecule has 0 aromatic carbocycles. The van der Waals surface area contributed by atoms with E-state index in [4.69, 9.17) is 0 Å². The van der Waals surface area contributed by atoms with Gasteiger partial charge in [-0.2, -0.15) is 0 Å². The molecule has 0 aromatic rings. The number of halogens is 1. The molecule has 0 aliphatic carbocycles. The van der Waals surface area contributed by atoms with Crippen molar-refractivity contribution in [3.63, 3.8) is 0 Å². The molecular weight excluding hydrogens is 205 g/mol. The summed E-state index contributed by atoms with van der Waals surface area (Å²) in [5.74, 6) is 0. The van der Waals surface area contributed by atoms with Gasteiger partial charge in [-0.05, 0) is 12.8 Å². The van der Waals surface area contributed by atoms with Gasteiger partial charge in [-0.25, -0.2) is 0 Å². The van der Waals surface area contributed by atoms with Gasteiger partial charge in [0.2, 0.25) is 0 Å². The molecule has 0 unspecified atom stereocenters. The maximum atomic E-state index is 3.48. The van der Waals surface area contributed by atoms with Crippen molar-refractivity contribution in [2.45, 2.75) is 31.5 Å². The van der Waals surface area contributed by atoms with Crippen LogP contribution in [-0.2, 0) is 19.5 Å². The maximum Gasteiger partial charge on any atom is 0.0140 e. The van der Waals surface area contributed by atoms with Gasteiger partial charge in [0.15, 0.2) is 0 Å².